The van der Waals surface area contributed by atoms with Crippen molar-refractivity contribution in [2.45, 2.75) is 45.1 Å². The number of amides is 1. The summed E-state index contributed by atoms with van der Waals surface area (Å²) in [5.41, 5.74) is 8.29. The van der Waals surface area contributed by atoms with Crippen molar-refractivity contribution >= 4 is 51.8 Å². The summed E-state index contributed by atoms with van der Waals surface area (Å²) in [6.07, 6.45) is -4.20. The van der Waals surface area contributed by atoms with E-state index in [1.54, 1.807) is 61.1 Å². The van der Waals surface area contributed by atoms with Gasteiger partial charge in [0.2, 0.25) is 0 Å². The third kappa shape index (κ3) is 6.69. The predicted octanol–water partition coefficient (Wildman–Crippen LogP) is 5.65. The van der Waals surface area contributed by atoms with E-state index in [4.69, 9.17) is 22.1 Å². The van der Waals surface area contributed by atoms with Crippen LogP contribution >= 0.6 is 22.9 Å². The molecule has 1 amide bonds. The minimum atomic E-state index is -5.28. The Morgan fingerprint density at radius 1 is 1.10 bits per heavy atom. The summed E-state index contributed by atoms with van der Waals surface area (Å²) < 4.78 is 49.0. The number of carbonyl (C=O) groups excluding carboxylic acids is 3. The van der Waals surface area contributed by atoms with Gasteiger partial charge in [-0.3, -0.25) is 14.7 Å². The van der Waals surface area contributed by atoms with E-state index in [2.05, 4.69) is 15.0 Å². The lowest BCUT2D eigenvalue weighted by atomic mass is 10.1. The molecular weight excluding hydrogens is 585 g/mol. The first-order chi connectivity index (χ1) is 19.3. The Hall–Kier alpha value is -3.94. The van der Waals surface area contributed by atoms with Crippen LogP contribution in [0.25, 0.3) is 16.0 Å². The number of esters is 2. The number of nitrogens with one attached hydrogen (secondary N) is 1. The van der Waals surface area contributed by atoms with Crippen molar-refractivity contribution in [2.24, 2.45) is 5.73 Å². The van der Waals surface area contributed by atoms with E-state index in [9.17, 15) is 27.6 Å². The number of benzene rings is 2. The largest absolute Gasteiger partial charge is 0.491 e. The first kappa shape index (κ1) is 30.0. The highest BCUT2D eigenvalue weighted by atomic mass is 35.5. The summed E-state index contributed by atoms with van der Waals surface area (Å²) in [4.78, 5) is 39.8. The number of fused-ring (bicyclic) bond motifs is 1. The predicted molar refractivity (Wildman–Crippen MR) is 146 cm³/mol. The number of hydrogen-bond donors (Lipinski definition) is 2. The molecule has 1 unspecified atom stereocenters. The zero-order valence-corrected chi connectivity index (χ0v) is 23.4. The van der Waals surface area contributed by atoms with Crippen LogP contribution in [-0.4, -0.2) is 39.6 Å². The van der Waals surface area contributed by atoms with Gasteiger partial charge in [-0.1, -0.05) is 35.9 Å². The van der Waals surface area contributed by atoms with Crippen LogP contribution in [0.2, 0.25) is 5.02 Å². The molecule has 4 rings (SSSR count). The molecule has 2 heterocycles. The van der Waals surface area contributed by atoms with Crippen molar-refractivity contribution in [3.63, 3.8) is 0 Å². The van der Waals surface area contributed by atoms with Gasteiger partial charge in [-0.05, 0) is 44.5 Å². The third-order valence-corrected chi connectivity index (χ3v) is 7.62. The normalized spacial score (nSPS) is 13.9. The minimum Gasteiger partial charge on any atom is -0.484 e. The summed E-state index contributed by atoms with van der Waals surface area (Å²) in [5.74, 6) is -4.33. The fourth-order valence-corrected chi connectivity index (χ4v) is 5.26. The second-order valence-corrected chi connectivity index (χ2v) is 10.5. The van der Waals surface area contributed by atoms with Gasteiger partial charge in [-0.25, -0.2) is 14.6 Å². The molecule has 9 nitrogen and oxygen atoms in total. The smallest absolute Gasteiger partial charge is 0.484 e. The van der Waals surface area contributed by atoms with E-state index in [0.717, 1.165) is 16.9 Å². The molecule has 0 aliphatic carbocycles. The van der Waals surface area contributed by atoms with Crippen LogP contribution < -0.4 is 15.8 Å². The topological polar surface area (TPSA) is 126 Å². The SMILES string of the molecule is CC(N[C@@H](C)C(=O)OC(=O)C(F)(F)F)c1ccc2ncn(-c3cc(O[C@H](C)c4ccccc4Cl)c(C(N)=O)s3)c2c1. The van der Waals surface area contributed by atoms with Gasteiger partial charge in [-0.2, -0.15) is 13.2 Å². The molecule has 4 aromatic rings. The van der Waals surface area contributed by atoms with Crippen LogP contribution in [0.5, 0.6) is 5.75 Å². The van der Waals surface area contributed by atoms with Gasteiger partial charge >= 0.3 is 18.1 Å². The molecule has 41 heavy (non-hydrogen) atoms. The number of nitrogens with two attached hydrogens (primary N) is 1. The molecule has 0 fully saturated rings. The summed E-state index contributed by atoms with van der Waals surface area (Å²) in [6.45, 7) is 4.77. The van der Waals surface area contributed by atoms with Gasteiger partial charge in [0.1, 0.15) is 34.1 Å². The summed E-state index contributed by atoms with van der Waals surface area (Å²) in [5, 5.41) is 3.93. The maximum absolute atomic E-state index is 12.4. The monoisotopic (exact) mass is 608 g/mol. The standard InChI is InChI=1S/C27H24ClF3N4O5S/c1-13(34-14(2)25(37)40-26(38)27(29,30)31)16-8-9-19-20(10-16)35(12-33-19)22-11-21(23(41-22)24(32)36)39-15(3)17-6-4-5-7-18(17)28/h4-15,34H,1-3H3,(H2,32,36)/t13?,14-,15+/m0/s1. The summed E-state index contributed by atoms with van der Waals surface area (Å²) >= 11 is 7.40. The summed E-state index contributed by atoms with van der Waals surface area (Å²) in [6, 6.07) is 12.3. The Kier molecular flexibility index (Phi) is 8.71. The van der Waals surface area contributed by atoms with E-state index in [1.807, 2.05) is 12.1 Å². The molecule has 0 radical (unpaired) electrons. The van der Waals surface area contributed by atoms with Crippen molar-refractivity contribution in [3.8, 4) is 10.8 Å². The van der Waals surface area contributed by atoms with Crippen molar-refractivity contribution in [3.05, 3.63) is 75.9 Å². The number of aromatic nitrogens is 2. The van der Waals surface area contributed by atoms with E-state index in [-0.39, 0.29) is 10.6 Å². The molecular formula is C27H24ClF3N4O5S. The highest BCUT2D eigenvalue weighted by molar-refractivity contribution is 7.16. The molecule has 14 heteroatoms. The lowest BCUT2D eigenvalue weighted by Gasteiger charge is -2.19. The number of halogens is 4. The van der Waals surface area contributed by atoms with Crippen LogP contribution in [0.3, 0.4) is 0 Å². The second kappa shape index (κ2) is 11.9. The molecule has 0 aliphatic heterocycles. The average molecular weight is 609 g/mol. The number of primary amides is 1. The van der Waals surface area contributed by atoms with Crippen molar-refractivity contribution in [2.75, 3.05) is 0 Å². The Balaban J connectivity index is 1.58. The molecule has 3 N–H and O–H groups in total. The Bertz CT molecular complexity index is 1620. The fourth-order valence-electron chi connectivity index (χ4n) is 4.05. The number of carbonyl (C=O) groups is 3. The van der Waals surface area contributed by atoms with Crippen LogP contribution in [0.4, 0.5) is 13.2 Å². The lowest BCUT2D eigenvalue weighted by Crippen LogP contribution is -2.40. The van der Waals surface area contributed by atoms with Crippen molar-refractivity contribution in [1.29, 1.82) is 0 Å². The highest BCUT2D eigenvalue weighted by Crippen LogP contribution is 2.37. The van der Waals surface area contributed by atoms with Gasteiger partial charge in [0, 0.05) is 22.7 Å². The number of hydrogen-bond acceptors (Lipinski definition) is 8. The van der Waals surface area contributed by atoms with Crippen molar-refractivity contribution in [1.82, 2.24) is 14.9 Å². The van der Waals surface area contributed by atoms with Crippen LogP contribution in [-0.2, 0) is 14.3 Å². The zero-order valence-electron chi connectivity index (χ0n) is 21.9. The Morgan fingerprint density at radius 3 is 2.46 bits per heavy atom. The minimum absolute atomic E-state index is 0.202. The van der Waals surface area contributed by atoms with Crippen LogP contribution in [0.15, 0.2) is 54.9 Å². The van der Waals surface area contributed by atoms with Crippen LogP contribution in [0.1, 0.15) is 53.7 Å². The molecule has 216 valence electrons. The maximum Gasteiger partial charge on any atom is 0.491 e. The molecule has 3 atom stereocenters. The zero-order chi connectivity index (χ0) is 30.1. The number of ether oxygens (including phenoxy) is 2. The first-order valence-corrected chi connectivity index (χ1v) is 13.4. The number of rotatable bonds is 9. The second-order valence-electron chi connectivity index (χ2n) is 9.10. The van der Waals surface area contributed by atoms with E-state index in [1.165, 1.54) is 6.92 Å². The Morgan fingerprint density at radius 2 is 1.80 bits per heavy atom. The molecule has 2 aromatic carbocycles. The molecule has 0 bridgehead atoms. The number of thiophene rings is 1. The van der Waals surface area contributed by atoms with Crippen LogP contribution in [0, 0.1) is 0 Å². The quantitative estimate of drug-likeness (QED) is 0.186. The van der Waals surface area contributed by atoms with Gasteiger partial charge in [0.05, 0.1) is 11.0 Å². The first-order valence-electron chi connectivity index (χ1n) is 12.2. The fraction of sp³-hybridized carbons (Fsp3) is 0.259. The molecule has 0 spiro atoms. The van der Waals surface area contributed by atoms with E-state index >= 15 is 0 Å². The average Bonchev–Trinajstić information content (AvgIpc) is 3.51. The number of imidazole rings is 1. The number of alkyl halides is 3. The molecule has 0 saturated heterocycles. The summed E-state index contributed by atoms with van der Waals surface area (Å²) in [7, 11) is 0. The highest BCUT2D eigenvalue weighted by Gasteiger charge is 2.43. The van der Waals surface area contributed by atoms with Gasteiger partial charge < -0.3 is 15.2 Å². The van der Waals surface area contributed by atoms with Gasteiger partial charge in [0.25, 0.3) is 5.91 Å². The van der Waals surface area contributed by atoms with Crippen molar-refractivity contribution < 1.29 is 37.0 Å². The molecule has 2 aromatic heterocycles. The van der Waals surface area contributed by atoms with Gasteiger partial charge in [0.15, 0.2) is 0 Å². The third-order valence-electron chi connectivity index (χ3n) is 6.14. The maximum atomic E-state index is 12.4. The van der Waals surface area contributed by atoms with E-state index in [0.29, 0.717) is 26.6 Å². The van der Waals surface area contributed by atoms with Gasteiger partial charge in [-0.15, -0.1) is 11.3 Å². The lowest BCUT2D eigenvalue weighted by molar-refractivity contribution is -0.202. The van der Waals surface area contributed by atoms with E-state index < -0.39 is 42.2 Å². The number of nitrogens with zero attached hydrogens (tertiary/aromatic N) is 2. The Labute approximate surface area is 241 Å². The molecule has 0 aliphatic rings. The molecule has 0 saturated carbocycles.